The van der Waals surface area contributed by atoms with Crippen LogP contribution in [0.1, 0.15) is 0 Å². The lowest BCUT2D eigenvalue weighted by Crippen LogP contribution is -2.24. The molecule has 0 bridgehead atoms. The van der Waals surface area contributed by atoms with Gasteiger partial charge in [-0.1, -0.05) is 18.2 Å². The van der Waals surface area contributed by atoms with Crippen LogP contribution in [-0.2, 0) is 10.0 Å². The summed E-state index contributed by atoms with van der Waals surface area (Å²) >= 11 is 7.58. The molecule has 0 spiro atoms. The van der Waals surface area contributed by atoms with E-state index in [-0.39, 0.29) is 16.5 Å². The van der Waals surface area contributed by atoms with Gasteiger partial charge in [0, 0.05) is 15.1 Å². The van der Waals surface area contributed by atoms with Crippen LogP contribution in [0.5, 0.6) is 0 Å². The zero-order valence-corrected chi connectivity index (χ0v) is 11.4. The summed E-state index contributed by atoms with van der Waals surface area (Å²) in [6, 6.07) is 6.54. The number of rotatable bonds is 4. The van der Waals surface area contributed by atoms with E-state index in [0.29, 0.717) is 0 Å². The van der Waals surface area contributed by atoms with Crippen molar-refractivity contribution in [3.63, 3.8) is 0 Å². The Labute approximate surface area is 108 Å². The van der Waals surface area contributed by atoms with Gasteiger partial charge in [-0.05, 0) is 46.9 Å². The van der Waals surface area contributed by atoms with Gasteiger partial charge < -0.3 is 0 Å². The van der Waals surface area contributed by atoms with E-state index < -0.39 is 10.0 Å². The predicted molar refractivity (Wildman–Crippen MR) is 69.3 cm³/mol. The average molecular weight is 358 g/mol. The number of benzene rings is 1. The van der Waals surface area contributed by atoms with Gasteiger partial charge in [-0.2, -0.15) is 0 Å². The summed E-state index contributed by atoms with van der Waals surface area (Å²) in [5.74, 6) is 0. The average Bonchev–Trinajstić information content (AvgIpc) is 2.16. The Hall–Kier alpha value is -0.110. The third kappa shape index (κ3) is 4.10. The van der Waals surface area contributed by atoms with Crippen molar-refractivity contribution in [2.75, 3.05) is 6.54 Å². The van der Waals surface area contributed by atoms with Crippen molar-refractivity contribution in [1.29, 1.82) is 0 Å². The zero-order chi connectivity index (χ0) is 11.5. The fourth-order valence-electron chi connectivity index (χ4n) is 0.870. The van der Waals surface area contributed by atoms with E-state index in [1.165, 1.54) is 0 Å². The highest BCUT2D eigenvalue weighted by Crippen LogP contribution is 2.12. The van der Waals surface area contributed by atoms with E-state index >= 15 is 0 Å². The standard InChI is InChI=1S/C9H9ClINO2S/c1-7(10)6-12-15(13,14)9-4-2-8(11)3-5-9/h2-5,12H,1,6H2. The van der Waals surface area contributed by atoms with Crippen LogP contribution in [0.15, 0.2) is 40.8 Å². The summed E-state index contributed by atoms with van der Waals surface area (Å²) in [7, 11) is -3.47. The maximum Gasteiger partial charge on any atom is 0.240 e. The van der Waals surface area contributed by atoms with Crippen LogP contribution < -0.4 is 4.72 Å². The van der Waals surface area contributed by atoms with Gasteiger partial charge in [0.15, 0.2) is 0 Å². The molecular weight excluding hydrogens is 349 g/mol. The van der Waals surface area contributed by atoms with Crippen molar-refractivity contribution >= 4 is 44.2 Å². The Morgan fingerprint density at radius 2 is 1.93 bits per heavy atom. The number of nitrogens with one attached hydrogen (secondary N) is 1. The monoisotopic (exact) mass is 357 g/mol. The van der Waals surface area contributed by atoms with Crippen LogP contribution in [0.2, 0.25) is 0 Å². The van der Waals surface area contributed by atoms with Gasteiger partial charge in [-0.15, -0.1) is 0 Å². The number of hydrogen-bond donors (Lipinski definition) is 1. The summed E-state index contributed by atoms with van der Waals surface area (Å²) in [5, 5.41) is 0.254. The molecule has 3 nitrogen and oxygen atoms in total. The third-order valence-corrected chi connectivity index (χ3v) is 3.85. The molecule has 1 aromatic carbocycles. The number of hydrogen-bond acceptors (Lipinski definition) is 2. The van der Waals surface area contributed by atoms with Crippen LogP contribution in [0, 0.1) is 3.57 Å². The Kier molecular flexibility index (Phi) is 4.57. The topological polar surface area (TPSA) is 46.2 Å². The molecule has 6 heteroatoms. The molecule has 0 aliphatic heterocycles. The van der Waals surface area contributed by atoms with Crippen LogP contribution in [0.3, 0.4) is 0 Å². The lowest BCUT2D eigenvalue weighted by molar-refractivity contribution is 0.585. The third-order valence-electron chi connectivity index (χ3n) is 1.58. The van der Waals surface area contributed by atoms with Crippen molar-refractivity contribution in [2.45, 2.75) is 4.90 Å². The van der Waals surface area contributed by atoms with Gasteiger partial charge in [-0.25, -0.2) is 13.1 Å². The van der Waals surface area contributed by atoms with E-state index in [9.17, 15) is 8.42 Å². The SMILES string of the molecule is C=C(Cl)CNS(=O)(=O)c1ccc(I)cc1. The van der Waals surface area contributed by atoms with Gasteiger partial charge in [0.25, 0.3) is 0 Å². The maximum absolute atomic E-state index is 11.6. The molecule has 0 aliphatic rings. The van der Waals surface area contributed by atoms with Crippen molar-refractivity contribution in [3.8, 4) is 0 Å². The van der Waals surface area contributed by atoms with Crippen LogP contribution in [-0.4, -0.2) is 15.0 Å². The minimum atomic E-state index is -3.47. The molecule has 1 N–H and O–H groups in total. The van der Waals surface area contributed by atoms with E-state index in [0.717, 1.165) is 3.57 Å². The Balaban J connectivity index is 2.87. The van der Waals surface area contributed by atoms with Gasteiger partial charge in [-0.3, -0.25) is 0 Å². The molecule has 0 saturated carbocycles. The highest BCUT2D eigenvalue weighted by molar-refractivity contribution is 14.1. The predicted octanol–water partition coefficient (Wildman–Crippen LogP) is 2.32. The molecule has 1 rings (SSSR count). The lowest BCUT2D eigenvalue weighted by atomic mass is 10.4. The summed E-state index contributed by atoms with van der Waals surface area (Å²) in [6.07, 6.45) is 0. The summed E-state index contributed by atoms with van der Waals surface area (Å²) in [5.41, 5.74) is 0. The molecule has 0 fully saturated rings. The summed E-state index contributed by atoms with van der Waals surface area (Å²) < 4.78 is 26.6. The normalized spacial score (nSPS) is 11.3. The summed E-state index contributed by atoms with van der Waals surface area (Å²) in [6.45, 7) is 3.44. The molecule has 0 aromatic heterocycles. The molecule has 0 saturated heterocycles. The molecule has 0 amide bonds. The van der Waals surface area contributed by atoms with Gasteiger partial charge in [0.2, 0.25) is 10.0 Å². The first kappa shape index (κ1) is 13.0. The summed E-state index contributed by atoms with van der Waals surface area (Å²) in [4.78, 5) is 0.223. The number of halogens is 2. The molecule has 0 heterocycles. The first-order valence-corrected chi connectivity index (χ1v) is 6.94. The molecule has 15 heavy (non-hydrogen) atoms. The van der Waals surface area contributed by atoms with E-state index in [4.69, 9.17) is 11.6 Å². The largest absolute Gasteiger partial charge is 0.240 e. The van der Waals surface area contributed by atoms with E-state index in [2.05, 4.69) is 33.9 Å². The Morgan fingerprint density at radius 1 is 1.40 bits per heavy atom. The van der Waals surface area contributed by atoms with Crippen molar-refractivity contribution < 1.29 is 8.42 Å². The second-order valence-electron chi connectivity index (χ2n) is 2.80. The molecule has 0 atom stereocenters. The number of sulfonamides is 1. The quantitative estimate of drug-likeness (QED) is 0.841. The molecule has 0 aliphatic carbocycles. The lowest BCUT2D eigenvalue weighted by Gasteiger charge is -2.05. The fourth-order valence-corrected chi connectivity index (χ4v) is 2.40. The van der Waals surface area contributed by atoms with Gasteiger partial charge >= 0.3 is 0 Å². The van der Waals surface area contributed by atoms with Crippen molar-refractivity contribution in [1.82, 2.24) is 4.72 Å². The van der Waals surface area contributed by atoms with Gasteiger partial charge in [0.05, 0.1) is 4.90 Å². The van der Waals surface area contributed by atoms with Crippen molar-refractivity contribution in [3.05, 3.63) is 39.4 Å². The van der Waals surface area contributed by atoms with E-state index in [1.807, 2.05) is 0 Å². The maximum atomic E-state index is 11.6. The molecule has 0 unspecified atom stereocenters. The minimum Gasteiger partial charge on any atom is -0.207 e. The molecule has 1 aromatic rings. The van der Waals surface area contributed by atoms with Crippen molar-refractivity contribution in [2.24, 2.45) is 0 Å². The molecule has 0 radical (unpaired) electrons. The first-order chi connectivity index (χ1) is 6.92. The minimum absolute atomic E-state index is 0.0376. The molecule has 82 valence electrons. The Bertz CT molecular complexity index is 456. The Morgan fingerprint density at radius 3 is 2.40 bits per heavy atom. The van der Waals surface area contributed by atoms with Crippen LogP contribution in [0.4, 0.5) is 0 Å². The smallest absolute Gasteiger partial charge is 0.207 e. The van der Waals surface area contributed by atoms with Gasteiger partial charge in [0.1, 0.15) is 0 Å². The second kappa shape index (κ2) is 5.29. The van der Waals surface area contributed by atoms with Crippen LogP contribution >= 0.6 is 34.2 Å². The van der Waals surface area contributed by atoms with E-state index in [1.54, 1.807) is 24.3 Å². The first-order valence-electron chi connectivity index (χ1n) is 4.00. The fraction of sp³-hybridized carbons (Fsp3) is 0.111. The highest BCUT2D eigenvalue weighted by atomic mass is 127. The van der Waals surface area contributed by atoms with Crippen LogP contribution in [0.25, 0.3) is 0 Å². The zero-order valence-electron chi connectivity index (χ0n) is 7.70. The second-order valence-corrected chi connectivity index (χ2v) is 6.34. The highest BCUT2D eigenvalue weighted by Gasteiger charge is 2.12. The molecular formula is C9H9ClINO2S.